The number of nitriles is 2. The number of hydrogen-bond donors (Lipinski definition) is 1. The molecule has 0 aliphatic rings. The maximum Gasteiger partial charge on any atom is 0.243 e. The van der Waals surface area contributed by atoms with Gasteiger partial charge < -0.3 is 0 Å². The second-order valence-corrected chi connectivity index (χ2v) is 2.74. The predicted octanol–water partition coefficient (Wildman–Crippen LogP) is 0.427. The van der Waals surface area contributed by atoms with E-state index in [0.29, 0.717) is 0 Å². The summed E-state index contributed by atoms with van der Waals surface area (Å²) in [6, 6.07) is 0. The molecule has 0 aromatic carbocycles. The van der Waals surface area contributed by atoms with E-state index in [1.807, 2.05) is 23.9 Å². The molecule has 1 aromatic rings. The summed E-state index contributed by atoms with van der Waals surface area (Å²) in [6.07, 6.45) is 11.9. The summed E-state index contributed by atoms with van der Waals surface area (Å²) in [6.45, 7) is 4.69. The van der Waals surface area contributed by atoms with E-state index in [0.717, 1.165) is 13.0 Å². The Bertz CT molecular complexity index is 354. The lowest BCUT2D eigenvalue weighted by atomic mass is 10.4. The first-order valence-electron chi connectivity index (χ1n) is 4.39. The van der Waals surface area contributed by atoms with Crippen molar-refractivity contribution >= 4 is 0 Å². The van der Waals surface area contributed by atoms with Crippen LogP contribution in [0.15, 0.2) is 31.4 Å². The summed E-state index contributed by atoms with van der Waals surface area (Å²) < 4.78 is 4.17. The summed E-state index contributed by atoms with van der Waals surface area (Å²) in [5.41, 5.74) is 0. The van der Waals surface area contributed by atoms with E-state index in [9.17, 15) is 0 Å². The molecule has 0 unspecified atom stereocenters. The van der Waals surface area contributed by atoms with Gasteiger partial charge >= 0.3 is 0 Å². The molecule has 0 radical (unpaired) electrons. The van der Waals surface area contributed by atoms with Crippen LogP contribution in [0.3, 0.4) is 0 Å². The highest BCUT2D eigenvalue weighted by atomic mass is 15.1. The van der Waals surface area contributed by atoms with E-state index in [4.69, 9.17) is 10.5 Å². The van der Waals surface area contributed by atoms with Crippen LogP contribution in [-0.2, 0) is 13.6 Å². The van der Waals surface area contributed by atoms with Crippen LogP contribution in [0, 0.1) is 22.9 Å². The van der Waals surface area contributed by atoms with Crippen molar-refractivity contribution in [2.45, 2.75) is 13.0 Å². The molecule has 5 nitrogen and oxygen atoms in total. The van der Waals surface area contributed by atoms with Crippen molar-refractivity contribution in [1.82, 2.24) is 9.88 Å². The van der Waals surface area contributed by atoms with Crippen LogP contribution in [0.1, 0.15) is 6.42 Å². The van der Waals surface area contributed by atoms with Gasteiger partial charge in [-0.1, -0.05) is 6.08 Å². The number of hydrogen-bond acceptors (Lipinski definition) is 3. The van der Waals surface area contributed by atoms with Gasteiger partial charge in [0.25, 0.3) is 0 Å². The SMILES string of the molecule is C=CCC[n+]1ccn(C)c1.N#CNC#N. The van der Waals surface area contributed by atoms with E-state index in [-0.39, 0.29) is 0 Å². The molecule has 0 bridgehead atoms. The van der Waals surface area contributed by atoms with Crippen LogP contribution in [0.25, 0.3) is 0 Å². The van der Waals surface area contributed by atoms with Crippen LogP contribution < -0.4 is 9.88 Å². The summed E-state index contributed by atoms with van der Waals surface area (Å²) in [7, 11) is 2.02. The minimum Gasteiger partial charge on any atom is -0.240 e. The standard InChI is InChI=1S/C8H13N2.C2HN3/c1-3-4-5-10-7-6-9(2)8-10;3-1-5-2-4/h3,6-8H,1,4-5H2,2H3;5H/q+1;. The Hall–Kier alpha value is -2.27. The molecule has 15 heavy (non-hydrogen) atoms. The maximum atomic E-state index is 7.48. The molecule has 0 fully saturated rings. The first kappa shape index (κ1) is 12.7. The molecule has 0 saturated carbocycles. The molecule has 1 aromatic heterocycles. The molecule has 1 rings (SSSR count). The van der Waals surface area contributed by atoms with Gasteiger partial charge in [-0.2, -0.15) is 10.5 Å². The first-order valence-corrected chi connectivity index (χ1v) is 4.39. The molecule has 0 aliphatic carbocycles. The second kappa shape index (κ2) is 8.33. The highest BCUT2D eigenvalue weighted by Gasteiger charge is 1.95. The molecular formula is C10H14N5+. The van der Waals surface area contributed by atoms with Crippen LogP contribution in [0.2, 0.25) is 0 Å². The van der Waals surface area contributed by atoms with Gasteiger partial charge in [0.05, 0.1) is 13.6 Å². The minimum atomic E-state index is 1.03. The fraction of sp³-hybridized carbons (Fsp3) is 0.300. The molecule has 0 saturated heterocycles. The fourth-order valence-electron chi connectivity index (χ4n) is 0.899. The molecule has 0 aliphatic heterocycles. The first-order chi connectivity index (χ1) is 7.24. The van der Waals surface area contributed by atoms with Gasteiger partial charge in [0.1, 0.15) is 12.4 Å². The topological polar surface area (TPSA) is 68.4 Å². The Morgan fingerprint density at radius 2 is 2.20 bits per heavy atom. The molecule has 0 amide bonds. The van der Waals surface area contributed by atoms with E-state index < -0.39 is 0 Å². The van der Waals surface area contributed by atoms with Crippen molar-refractivity contribution in [3.63, 3.8) is 0 Å². The number of rotatable bonds is 3. The molecule has 1 heterocycles. The molecule has 1 N–H and O–H groups in total. The normalized spacial score (nSPS) is 7.67. The lowest BCUT2D eigenvalue weighted by Crippen LogP contribution is -2.30. The molecular weight excluding hydrogens is 190 g/mol. The summed E-state index contributed by atoms with van der Waals surface area (Å²) in [5.74, 6) is 0. The largest absolute Gasteiger partial charge is 0.243 e. The number of aryl methyl sites for hydroxylation is 2. The van der Waals surface area contributed by atoms with Crippen molar-refractivity contribution < 1.29 is 4.57 Å². The van der Waals surface area contributed by atoms with Gasteiger partial charge in [-0.3, -0.25) is 0 Å². The number of nitrogens with zero attached hydrogens (tertiary/aromatic N) is 4. The number of aromatic nitrogens is 2. The summed E-state index contributed by atoms with van der Waals surface area (Å²) >= 11 is 0. The average molecular weight is 204 g/mol. The van der Waals surface area contributed by atoms with Crippen LogP contribution in [0.5, 0.6) is 0 Å². The van der Waals surface area contributed by atoms with Gasteiger partial charge in [0.15, 0.2) is 12.4 Å². The Kier molecular flexibility index (Phi) is 7.07. The van der Waals surface area contributed by atoms with Crippen molar-refractivity contribution in [3.8, 4) is 12.4 Å². The van der Waals surface area contributed by atoms with Crippen LogP contribution in [-0.4, -0.2) is 4.57 Å². The number of allylic oxidation sites excluding steroid dienone is 1. The van der Waals surface area contributed by atoms with E-state index >= 15 is 0 Å². The second-order valence-electron chi connectivity index (χ2n) is 2.74. The Labute approximate surface area is 89.5 Å². The van der Waals surface area contributed by atoms with Gasteiger partial charge in [-0.25, -0.2) is 14.5 Å². The Morgan fingerprint density at radius 1 is 1.53 bits per heavy atom. The lowest BCUT2D eigenvalue weighted by Gasteiger charge is -1.88. The van der Waals surface area contributed by atoms with Gasteiger partial charge in [0, 0.05) is 6.42 Å². The van der Waals surface area contributed by atoms with Crippen LogP contribution in [0.4, 0.5) is 0 Å². The quantitative estimate of drug-likeness (QED) is 0.336. The van der Waals surface area contributed by atoms with E-state index in [1.54, 1.807) is 5.32 Å². The number of nitrogens with one attached hydrogen (secondary N) is 1. The van der Waals surface area contributed by atoms with Crippen molar-refractivity contribution in [2.24, 2.45) is 7.05 Å². The molecule has 0 spiro atoms. The number of imidazole rings is 1. The van der Waals surface area contributed by atoms with Crippen molar-refractivity contribution in [2.75, 3.05) is 0 Å². The Balaban J connectivity index is 0.000000336. The highest BCUT2D eigenvalue weighted by Crippen LogP contribution is 1.81. The molecule has 78 valence electrons. The smallest absolute Gasteiger partial charge is 0.240 e. The molecule has 0 atom stereocenters. The zero-order valence-electron chi connectivity index (χ0n) is 8.72. The van der Waals surface area contributed by atoms with Gasteiger partial charge in [-0.05, 0) is 0 Å². The minimum absolute atomic E-state index is 1.03. The van der Waals surface area contributed by atoms with Crippen molar-refractivity contribution in [3.05, 3.63) is 31.4 Å². The summed E-state index contributed by atoms with van der Waals surface area (Å²) in [4.78, 5) is 0. The highest BCUT2D eigenvalue weighted by molar-refractivity contribution is 4.77. The third kappa shape index (κ3) is 6.85. The maximum absolute atomic E-state index is 7.48. The zero-order valence-corrected chi connectivity index (χ0v) is 8.72. The Morgan fingerprint density at radius 3 is 2.53 bits per heavy atom. The van der Waals surface area contributed by atoms with E-state index in [2.05, 4.69) is 23.7 Å². The molecule has 5 heteroatoms. The monoisotopic (exact) mass is 204 g/mol. The lowest BCUT2D eigenvalue weighted by molar-refractivity contribution is -0.695. The fourth-order valence-corrected chi connectivity index (χ4v) is 0.899. The van der Waals surface area contributed by atoms with E-state index in [1.165, 1.54) is 12.4 Å². The van der Waals surface area contributed by atoms with Crippen LogP contribution >= 0.6 is 0 Å². The van der Waals surface area contributed by atoms with Crippen molar-refractivity contribution in [1.29, 1.82) is 10.5 Å². The van der Waals surface area contributed by atoms with Gasteiger partial charge in [-0.15, -0.1) is 6.58 Å². The average Bonchev–Trinajstić information content (AvgIpc) is 2.63. The third-order valence-corrected chi connectivity index (χ3v) is 1.53. The van der Waals surface area contributed by atoms with Gasteiger partial charge in [0.2, 0.25) is 6.33 Å². The zero-order chi connectivity index (χ0) is 11.5. The summed E-state index contributed by atoms with van der Waals surface area (Å²) in [5, 5.41) is 16.7. The third-order valence-electron chi connectivity index (χ3n) is 1.53. The predicted molar refractivity (Wildman–Crippen MR) is 54.8 cm³/mol.